The molecule has 1 aromatic heterocycles. The molecule has 3 rings (SSSR count). The fraction of sp³-hybridized carbons (Fsp3) is 0.250. The molecular weight excluding hydrogens is 209 g/mol. The number of carbonyl (C=O) groups is 1. The largest absolute Gasteiger partial charge is 0.465 e. The lowest BCUT2D eigenvalue weighted by Gasteiger charge is -2.03. The van der Waals surface area contributed by atoms with Crippen LogP contribution in [0.25, 0.3) is 10.9 Å². The van der Waals surface area contributed by atoms with Crippen LogP contribution >= 0.6 is 0 Å². The molecular formula is C12H10FNO2. The van der Waals surface area contributed by atoms with E-state index in [0.717, 1.165) is 16.5 Å². The molecule has 3 nitrogen and oxygen atoms in total. The maximum absolute atomic E-state index is 13.1. The van der Waals surface area contributed by atoms with Gasteiger partial charge < -0.3 is 9.72 Å². The summed E-state index contributed by atoms with van der Waals surface area (Å²) in [4.78, 5) is 14.5. The Morgan fingerprint density at radius 2 is 2.31 bits per heavy atom. The van der Waals surface area contributed by atoms with Crippen molar-refractivity contribution in [2.75, 3.05) is 6.61 Å². The third-order valence-electron chi connectivity index (χ3n) is 2.99. The van der Waals surface area contributed by atoms with Gasteiger partial charge in [-0.1, -0.05) is 0 Å². The molecule has 1 fully saturated rings. The molecule has 16 heavy (non-hydrogen) atoms. The fourth-order valence-corrected chi connectivity index (χ4v) is 2.18. The van der Waals surface area contributed by atoms with Crippen molar-refractivity contribution >= 4 is 16.9 Å². The normalized spacial score (nSPS) is 20.3. The molecule has 0 spiro atoms. The Morgan fingerprint density at radius 3 is 3.06 bits per heavy atom. The second-order valence-corrected chi connectivity index (χ2v) is 3.94. The van der Waals surface area contributed by atoms with E-state index in [9.17, 15) is 9.18 Å². The molecule has 1 aromatic carbocycles. The SMILES string of the molecule is O=C1OCC[C@@H]1c1c[nH]c2ccc(F)cc12. The number of fused-ring (bicyclic) bond motifs is 1. The van der Waals surface area contributed by atoms with Gasteiger partial charge in [0.1, 0.15) is 5.82 Å². The molecule has 2 heterocycles. The summed E-state index contributed by atoms with van der Waals surface area (Å²) in [5.41, 5.74) is 1.67. The number of nitrogens with one attached hydrogen (secondary N) is 1. The van der Waals surface area contributed by atoms with Crippen molar-refractivity contribution in [3.8, 4) is 0 Å². The standard InChI is InChI=1S/C12H10FNO2/c13-7-1-2-11-9(5-7)10(6-14-11)8-3-4-16-12(8)15/h1-2,5-6,8,14H,3-4H2/t8-/m1/s1. The van der Waals surface area contributed by atoms with Crippen LogP contribution in [0.5, 0.6) is 0 Å². The van der Waals surface area contributed by atoms with E-state index in [1.165, 1.54) is 12.1 Å². The van der Waals surface area contributed by atoms with Gasteiger partial charge in [0.2, 0.25) is 0 Å². The van der Waals surface area contributed by atoms with Gasteiger partial charge in [-0.05, 0) is 30.2 Å². The monoisotopic (exact) mass is 219 g/mol. The molecule has 0 bridgehead atoms. The Kier molecular flexibility index (Phi) is 1.96. The zero-order valence-corrected chi connectivity index (χ0v) is 8.50. The number of halogens is 1. The van der Waals surface area contributed by atoms with Crippen molar-refractivity contribution in [2.45, 2.75) is 12.3 Å². The summed E-state index contributed by atoms with van der Waals surface area (Å²) >= 11 is 0. The Labute approximate surface area is 91.2 Å². The van der Waals surface area contributed by atoms with Gasteiger partial charge >= 0.3 is 5.97 Å². The van der Waals surface area contributed by atoms with E-state index in [0.29, 0.717) is 13.0 Å². The van der Waals surface area contributed by atoms with E-state index in [1.54, 1.807) is 12.3 Å². The highest BCUT2D eigenvalue weighted by atomic mass is 19.1. The molecule has 0 aliphatic carbocycles. The van der Waals surface area contributed by atoms with Gasteiger partial charge in [0, 0.05) is 17.1 Å². The Morgan fingerprint density at radius 1 is 1.44 bits per heavy atom. The third-order valence-corrected chi connectivity index (χ3v) is 2.99. The minimum Gasteiger partial charge on any atom is -0.465 e. The highest BCUT2D eigenvalue weighted by Crippen LogP contribution is 2.32. The topological polar surface area (TPSA) is 42.1 Å². The summed E-state index contributed by atoms with van der Waals surface area (Å²) < 4.78 is 18.1. The van der Waals surface area contributed by atoms with Gasteiger partial charge in [-0.15, -0.1) is 0 Å². The first kappa shape index (κ1) is 9.39. The Bertz CT molecular complexity index is 561. The van der Waals surface area contributed by atoms with Crippen molar-refractivity contribution < 1.29 is 13.9 Å². The van der Waals surface area contributed by atoms with Crippen molar-refractivity contribution in [1.82, 2.24) is 4.98 Å². The second kappa shape index (κ2) is 3.33. The average Bonchev–Trinajstić information content (AvgIpc) is 2.83. The second-order valence-electron chi connectivity index (χ2n) is 3.94. The van der Waals surface area contributed by atoms with Crippen LogP contribution in [0.15, 0.2) is 24.4 Å². The third kappa shape index (κ3) is 1.30. The van der Waals surface area contributed by atoms with Crippen molar-refractivity contribution in [3.05, 3.63) is 35.8 Å². The van der Waals surface area contributed by atoms with Crippen molar-refractivity contribution in [1.29, 1.82) is 0 Å². The molecule has 2 aromatic rings. The molecule has 82 valence electrons. The predicted molar refractivity (Wildman–Crippen MR) is 56.6 cm³/mol. The van der Waals surface area contributed by atoms with E-state index in [4.69, 9.17) is 4.74 Å². The quantitative estimate of drug-likeness (QED) is 0.748. The summed E-state index contributed by atoms with van der Waals surface area (Å²) in [6.45, 7) is 0.450. The number of rotatable bonds is 1. The zero-order valence-electron chi connectivity index (χ0n) is 8.50. The van der Waals surface area contributed by atoms with Gasteiger partial charge in [0.05, 0.1) is 12.5 Å². The van der Waals surface area contributed by atoms with Crippen LogP contribution in [0.4, 0.5) is 4.39 Å². The number of aromatic amines is 1. The lowest BCUT2D eigenvalue weighted by molar-refractivity contribution is -0.139. The number of esters is 1. The van der Waals surface area contributed by atoms with Gasteiger partial charge in [-0.3, -0.25) is 4.79 Å². The highest BCUT2D eigenvalue weighted by molar-refractivity contribution is 5.90. The summed E-state index contributed by atoms with van der Waals surface area (Å²) in [6.07, 6.45) is 2.43. The van der Waals surface area contributed by atoms with Crippen LogP contribution in [0, 0.1) is 5.82 Å². The minimum absolute atomic E-state index is 0.217. The van der Waals surface area contributed by atoms with Crippen LogP contribution in [-0.4, -0.2) is 17.6 Å². The number of carbonyl (C=O) groups excluding carboxylic acids is 1. The van der Waals surface area contributed by atoms with Crippen LogP contribution in [0.1, 0.15) is 17.9 Å². The molecule has 0 radical (unpaired) electrons. The van der Waals surface area contributed by atoms with Crippen LogP contribution in [0.2, 0.25) is 0 Å². The van der Waals surface area contributed by atoms with Gasteiger partial charge in [0.15, 0.2) is 0 Å². The Hall–Kier alpha value is -1.84. The first-order valence-corrected chi connectivity index (χ1v) is 5.19. The fourth-order valence-electron chi connectivity index (χ4n) is 2.18. The smallest absolute Gasteiger partial charge is 0.313 e. The van der Waals surface area contributed by atoms with Gasteiger partial charge in [0.25, 0.3) is 0 Å². The van der Waals surface area contributed by atoms with E-state index < -0.39 is 0 Å². The van der Waals surface area contributed by atoms with Gasteiger partial charge in [-0.25, -0.2) is 4.39 Å². The number of benzene rings is 1. The summed E-state index contributed by atoms with van der Waals surface area (Å²) in [7, 11) is 0. The molecule has 1 aliphatic rings. The number of hydrogen-bond donors (Lipinski definition) is 1. The molecule has 0 unspecified atom stereocenters. The van der Waals surface area contributed by atoms with E-state index >= 15 is 0 Å². The number of cyclic esters (lactones) is 1. The van der Waals surface area contributed by atoms with Crippen molar-refractivity contribution in [2.24, 2.45) is 0 Å². The average molecular weight is 219 g/mol. The van der Waals surface area contributed by atoms with Crippen LogP contribution in [0.3, 0.4) is 0 Å². The highest BCUT2D eigenvalue weighted by Gasteiger charge is 2.30. The molecule has 4 heteroatoms. The molecule has 1 aliphatic heterocycles. The van der Waals surface area contributed by atoms with E-state index in [1.807, 2.05) is 0 Å². The summed E-state index contributed by atoms with van der Waals surface area (Å²) in [5.74, 6) is -0.763. The summed E-state index contributed by atoms with van der Waals surface area (Å²) in [6, 6.07) is 4.52. The molecule has 1 saturated heterocycles. The molecule has 1 N–H and O–H groups in total. The van der Waals surface area contributed by atoms with Crippen molar-refractivity contribution in [3.63, 3.8) is 0 Å². The van der Waals surface area contributed by atoms with E-state index in [2.05, 4.69) is 4.98 Å². The first-order chi connectivity index (χ1) is 7.75. The van der Waals surface area contributed by atoms with Crippen LogP contribution < -0.4 is 0 Å². The van der Waals surface area contributed by atoms with E-state index in [-0.39, 0.29) is 17.7 Å². The molecule has 0 amide bonds. The van der Waals surface area contributed by atoms with Crippen LogP contribution in [-0.2, 0) is 9.53 Å². The predicted octanol–water partition coefficient (Wildman–Crippen LogP) is 2.34. The molecule has 0 saturated carbocycles. The number of hydrogen-bond acceptors (Lipinski definition) is 2. The minimum atomic E-state index is -0.292. The lowest BCUT2D eigenvalue weighted by atomic mass is 9.97. The Balaban J connectivity index is 2.16. The molecule has 1 atom stereocenters. The zero-order chi connectivity index (χ0) is 11.1. The maximum atomic E-state index is 13.1. The number of aromatic nitrogens is 1. The number of ether oxygens (including phenoxy) is 1. The number of H-pyrrole nitrogens is 1. The summed E-state index contributed by atoms with van der Waals surface area (Å²) in [5, 5.41) is 0.767. The van der Waals surface area contributed by atoms with Gasteiger partial charge in [-0.2, -0.15) is 0 Å². The lowest BCUT2D eigenvalue weighted by Crippen LogP contribution is -2.04. The first-order valence-electron chi connectivity index (χ1n) is 5.19. The maximum Gasteiger partial charge on any atom is 0.313 e.